The molecule has 0 saturated carbocycles. The molecule has 7 heteroatoms. The largest absolute Gasteiger partial charge is 0.370 e. The zero-order valence-corrected chi connectivity index (χ0v) is 12.5. The summed E-state index contributed by atoms with van der Waals surface area (Å²) < 4.78 is 0.754. The second-order valence-corrected chi connectivity index (χ2v) is 4.89. The van der Waals surface area contributed by atoms with Crippen LogP contribution >= 0.6 is 15.9 Å². The lowest BCUT2D eigenvalue weighted by Crippen LogP contribution is -2.25. The number of carbonyl (C=O) groups is 1. The van der Waals surface area contributed by atoms with E-state index in [2.05, 4.69) is 41.7 Å². The van der Waals surface area contributed by atoms with E-state index in [0.29, 0.717) is 30.2 Å². The molecule has 1 amide bonds. The summed E-state index contributed by atoms with van der Waals surface area (Å²) in [6, 6.07) is 5.31. The van der Waals surface area contributed by atoms with Gasteiger partial charge < -0.3 is 10.6 Å². The van der Waals surface area contributed by atoms with Gasteiger partial charge in [-0.2, -0.15) is 10.2 Å². The third kappa shape index (κ3) is 3.74. The smallest absolute Gasteiger partial charge is 0.255 e. The Bertz CT molecular complexity index is 591. The Morgan fingerprint density at radius 3 is 3.00 bits per heavy atom. The molecular weight excluding hydrogens is 322 g/mol. The number of nitrogens with zero attached hydrogens (tertiary/aromatic N) is 3. The van der Waals surface area contributed by atoms with Crippen molar-refractivity contribution in [2.45, 2.75) is 13.5 Å². The Labute approximate surface area is 125 Å². The van der Waals surface area contributed by atoms with Crippen LogP contribution in [0, 0.1) is 0 Å². The lowest BCUT2D eigenvalue weighted by molar-refractivity contribution is 0.0951. The van der Waals surface area contributed by atoms with Gasteiger partial charge in [0.1, 0.15) is 5.82 Å². The molecule has 2 N–H and O–H groups in total. The van der Waals surface area contributed by atoms with E-state index in [1.807, 2.05) is 6.92 Å². The van der Waals surface area contributed by atoms with E-state index in [4.69, 9.17) is 0 Å². The third-order valence-corrected chi connectivity index (χ3v) is 2.93. The van der Waals surface area contributed by atoms with Gasteiger partial charge in [0.25, 0.3) is 5.91 Å². The van der Waals surface area contributed by atoms with Crippen LogP contribution in [0.2, 0.25) is 0 Å². The summed E-state index contributed by atoms with van der Waals surface area (Å²) in [4.78, 5) is 16.4. The summed E-state index contributed by atoms with van der Waals surface area (Å²) in [5, 5.41) is 13.5. The van der Waals surface area contributed by atoms with Crippen LogP contribution in [0.5, 0.6) is 0 Å². The van der Waals surface area contributed by atoms with Gasteiger partial charge in [0.2, 0.25) is 0 Å². The Hall–Kier alpha value is -2.02. The molecule has 2 aromatic heterocycles. The minimum Gasteiger partial charge on any atom is -0.370 e. The predicted molar refractivity (Wildman–Crippen MR) is 79.3 cm³/mol. The molecule has 0 radical (unpaired) electrons. The van der Waals surface area contributed by atoms with Gasteiger partial charge in [-0.25, -0.2) is 4.98 Å². The van der Waals surface area contributed by atoms with Crippen molar-refractivity contribution < 1.29 is 4.79 Å². The van der Waals surface area contributed by atoms with Gasteiger partial charge in [-0.05, 0) is 41.1 Å². The number of hydrogen-bond acceptors (Lipinski definition) is 5. The summed E-state index contributed by atoms with van der Waals surface area (Å²) in [5.74, 6) is 0.354. The average Bonchev–Trinajstić information content (AvgIpc) is 2.48. The summed E-state index contributed by atoms with van der Waals surface area (Å²) in [5.41, 5.74) is 1.19. The van der Waals surface area contributed by atoms with Crippen molar-refractivity contribution in [3.05, 3.63) is 46.3 Å². The van der Waals surface area contributed by atoms with Crippen LogP contribution in [0.1, 0.15) is 23.0 Å². The average molecular weight is 336 g/mol. The summed E-state index contributed by atoms with van der Waals surface area (Å²) >= 11 is 3.32. The quantitative estimate of drug-likeness (QED) is 0.873. The fraction of sp³-hybridized carbons (Fsp3) is 0.231. The van der Waals surface area contributed by atoms with Crippen LogP contribution in [-0.2, 0) is 6.54 Å². The minimum absolute atomic E-state index is 0.208. The normalized spacial score (nSPS) is 10.1. The molecule has 0 atom stereocenters. The molecule has 2 heterocycles. The fourth-order valence-electron chi connectivity index (χ4n) is 1.61. The molecule has 20 heavy (non-hydrogen) atoms. The molecule has 0 aliphatic rings. The van der Waals surface area contributed by atoms with Crippen LogP contribution in [0.3, 0.4) is 0 Å². The summed E-state index contributed by atoms with van der Waals surface area (Å²) in [6.07, 6.45) is 3.24. The van der Waals surface area contributed by atoms with Crippen LogP contribution in [0.25, 0.3) is 0 Å². The second kappa shape index (κ2) is 6.95. The van der Waals surface area contributed by atoms with Gasteiger partial charge in [0, 0.05) is 23.4 Å². The predicted octanol–water partition coefficient (Wildman–Crippen LogP) is 2.00. The van der Waals surface area contributed by atoms with Crippen LogP contribution < -0.4 is 10.6 Å². The number of anilines is 1. The standard InChI is InChI=1S/C13H14BrN5O/c1-2-15-12-11(6-9(14)7-16-12)13(20)17-8-10-4-3-5-18-19-10/h3-7H,2,8H2,1H3,(H,15,16)(H,17,20). The van der Waals surface area contributed by atoms with Crippen LogP contribution in [0.15, 0.2) is 35.1 Å². The van der Waals surface area contributed by atoms with E-state index in [1.165, 1.54) is 0 Å². The maximum atomic E-state index is 12.2. The maximum Gasteiger partial charge on any atom is 0.255 e. The molecule has 104 valence electrons. The number of rotatable bonds is 5. The zero-order valence-electron chi connectivity index (χ0n) is 10.9. The highest BCUT2D eigenvalue weighted by Gasteiger charge is 2.13. The number of amides is 1. The number of pyridine rings is 1. The third-order valence-electron chi connectivity index (χ3n) is 2.50. The van der Waals surface area contributed by atoms with Crippen molar-refractivity contribution in [2.24, 2.45) is 0 Å². The van der Waals surface area contributed by atoms with Crippen molar-refractivity contribution in [1.29, 1.82) is 0 Å². The van der Waals surface area contributed by atoms with Gasteiger partial charge >= 0.3 is 0 Å². The Balaban J connectivity index is 2.10. The first-order chi connectivity index (χ1) is 9.70. The van der Waals surface area contributed by atoms with Crippen molar-refractivity contribution in [2.75, 3.05) is 11.9 Å². The van der Waals surface area contributed by atoms with E-state index in [-0.39, 0.29) is 5.91 Å². The van der Waals surface area contributed by atoms with Gasteiger partial charge in [-0.1, -0.05) is 0 Å². The van der Waals surface area contributed by atoms with Crippen molar-refractivity contribution in [3.63, 3.8) is 0 Å². The van der Waals surface area contributed by atoms with Gasteiger partial charge in [0.05, 0.1) is 17.8 Å². The highest BCUT2D eigenvalue weighted by atomic mass is 79.9. The van der Waals surface area contributed by atoms with Gasteiger partial charge in [0.15, 0.2) is 0 Å². The lowest BCUT2D eigenvalue weighted by Gasteiger charge is -2.10. The molecule has 0 fully saturated rings. The molecule has 0 aliphatic heterocycles. The van der Waals surface area contributed by atoms with E-state index in [1.54, 1.807) is 30.6 Å². The first-order valence-electron chi connectivity index (χ1n) is 6.15. The van der Waals surface area contributed by atoms with Crippen LogP contribution in [-0.4, -0.2) is 27.6 Å². The molecule has 0 aromatic carbocycles. The SMILES string of the molecule is CCNc1ncc(Br)cc1C(=O)NCc1cccnn1. The topological polar surface area (TPSA) is 79.8 Å². The number of carbonyl (C=O) groups excluding carboxylic acids is 1. The van der Waals surface area contributed by atoms with E-state index in [0.717, 1.165) is 4.47 Å². The highest BCUT2D eigenvalue weighted by Crippen LogP contribution is 2.17. The highest BCUT2D eigenvalue weighted by molar-refractivity contribution is 9.10. The zero-order chi connectivity index (χ0) is 14.4. The molecule has 2 rings (SSSR count). The minimum atomic E-state index is -0.208. The number of nitrogens with one attached hydrogen (secondary N) is 2. The maximum absolute atomic E-state index is 12.2. The molecule has 6 nitrogen and oxygen atoms in total. The van der Waals surface area contributed by atoms with Crippen LogP contribution in [0.4, 0.5) is 5.82 Å². The van der Waals surface area contributed by atoms with Gasteiger partial charge in [-0.3, -0.25) is 4.79 Å². The number of hydrogen-bond donors (Lipinski definition) is 2. The molecule has 2 aromatic rings. The molecular formula is C13H14BrN5O. The molecule has 0 aliphatic carbocycles. The second-order valence-electron chi connectivity index (χ2n) is 3.98. The Morgan fingerprint density at radius 1 is 1.45 bits per heavy atom. The number of halogens is 1. The number of aromatic nitrogens is 3. The van der Waals surface area contributed by atoms with Crippen molar-refractivity contribution in [3.8, 4) is 0 Å². The first-order valence-corrected chi connectivity index (χ1v) is 6.94. The van der Waals surface area contributed by atoms with E-state index < -0.39 is 0 Å². The Kier molecular flexibility index (Phi) is 5.00. The van der Waals surface area contributed by atoms with Crippen molar-refractivity contribution in [1.82, 2.24) is 20.5 Å². The van der Waals surface area contributed by atoms with E-state index >= 15 is 0 Å². The fourth-order valence-corrected chi connectivity index (χ4v) is 1.95. The summed E-state index contributed by atoms with van der Waals surface area (Å²) in [6.45, 7) is 2.97. The molecule has 0 saturated heterocycles. The Morgan fingerprint density at radius 2 is 2.30 bits per heavy atom. The molecule has 0 bridgehead atoms. The monoisotopic (exact) mass is 335 g/mol. The summed E-state index contributed by atoms with van der Waals surface area (Å²) in [7, 11) is 0. The first kappa shape index (κ1) is 14.4. The van der Waals surface area contributed by atoms with Crippen molar-refractivity contribution >= 4 is 27.7 Å². The molecule has 0 unspecified atom stereocenters. The van der Waals surface area contributed by atoms with Gasteiger partial charge in [-0.15, -0.1) is 0 Å². The lowest BCUT2D eigenvalue weighted by atomic mass is 10.2. The molecule has 0 spiro atoms. The van der Waals surface area contributed by atoms with E-state index in [9.17, 15) is 4.79 Å².